The molecular weight excluding hydrogens is 425 g/mol. The fourth-order valence-corrected chi connectivity index (χ4v) is 3.57. The number of rotatable bonds is 6. The van der Waals surface area contributed by atoms with E-state index < -0.39 is 17.6 Å². The molecule has 1 atom stereocenters. The predicted octanol–water partition coefficient (Wildman–Crippen LogP) is 4.90. The Kier molecular flexibility index (Phi) is 6.50. The molecule has 160 valence electrons. The van der Waals surface area contributed by atoms with Crippen molar-refractivity contribution in [2.75, 3.05) is 5.32 Å². The molecule has 1 unspecified atom stereocenters. The molecule has 6 nitrogen and oxygen atoms in total. The SMILES string of the molecule is CC1=C(N)Nc2cc(C(N)C(=O)OC(C)(C)CCc3ccc(Cl)cc3Cl)ccc2O1. The number of halogens is 2. The standard InChI is InChI=1S/C22H25Cl2N3O3/c1-12-20(26)27-17-10-14(5-7-18(17)29-12)19(25)21(28)30-22(2,3)9-8-13-4-6-15(23)11-16(13)24/h4-7,10-11,19,27H,8-9,25-26H2,1-3H3. The minimum absolute atomic E-state index is 0.415. The average Bonchev–Trinajstić information content (AvgIpc) is 2.67. The number of aryl methyl sites for hydroxylation is 1. The Balaban J connectivity index is 1.64. The molecule has 1 aliphatic heterocycles. The van der Waals surface area contributed by atoms with Crippen molar-refractivity contribution in [3.8, 4) is 5.75 Å². The summed E-state index contributed by atoms with van der Waals surface area (Å²) in [5.74, 6) is 1.10. The lowest BCUT2D eigenvalue weighted by Gasteiger charge is -2.27. The van der Waals surface area contributed by atoms with Gasteiger partial charge in [-0.1, -0.05) is 35.3 Å². The minimum atomic E-state index is -0.941. The third kappa shape index (κ3) is 5.19. The number of hydrogen-bond donors (Lipinski definition) is 3. The van der Waals surface area contributed by atoms with E-state index in [1.165, 1.54) is 0 Å². The Labute approximate surface area is 186 Å². The van der Waals surface area contributed by atoms with Crippen molar-refractivity contribution >= 4 is 34.9 Å². The predicted molar refractivity (Wildman–Crippen MR) is 119 cm³/mol. The summed E-state index contributed by atoms with van der Waals surface area (Å²) < 4.78 is 11.3. The van der Waals surface area contributed by atoms with Crippen molar-refractivity contribution in [2.24, 2.45) is 11.5 Å². The van der Waals surface area contributed by atoms with E-state index in [0.29, 0.717) is 51.5 Å². The molecule has 0 spiro atoms. The van der Waals surface area contributed by atoms with Crippen LogP contribution in [0.15, 0.2) is 48.0 Å². The van der Waals surface area contributed by atoms with Crippen LogP contribution in [-0.2, 0) is 16.0 Å². The molecule has 2 aromatic carbocycles. The normalized spacial score (nSPS) is 14.5. The highest BCUT2D eigenvalue weighted by atomic mass is 35.5. The molecule has 1 aliphatic rings. The van der Waals surface area contributed by atoms with E-state index >= 15 is 0 Å². The first kappa shape index (κ1) is 22.3. The van der Waals surface area contributed by atoms with Crippen LogP contribution in [0.4, 0.5) is 5.69 Å². The molecule has 0 saturated heterocycles. The summed E-state index contributed by atoms with van der Waals surface area (Å²) in [6.45, 7) is 5.46. The molecule has 5 N–H and O–H groups in total. The van der Waals surface area contributed by atoms with Gasteiger partial charge in [0.15, 0.2) is 5.75 Å². The zero-order chi connectivity index (χ0) is 22.1. The number of anilines is 1. The van der Waals surface area contributed by atoms with Crippen LogP contribution in [0.1, 0.15) is 44.4 Å². The molecular formula is C22H25Cl2N3O3. The summed E-state index contributed by atoms with van der Waals surface area (Å²) in [7, 11) is 0. The summed E-state index contributed by atoms with van der Waals surface area (Å²) in [4.78, 5) is 12.7. The second kappa shape index (κ2) is 8.76. The van der Waals surface area contributed by atoms with Gasteiger partial charge in [0.1, 0.15) is 23.2 Å². The molecule has 0 aromatic heterocycles. The summed E-state index contributed by atoms with van der Waals surface area (Å²) >= 11 is 12.2. The fraction of sp³-hybridized carbons (Fsp3) is 0.318. The maximum Gasteiger partial charge on any atom is 0.328 e. The van der Waals surface area contributed by atoms with E-state index in [1.807, 2.05) is 19.9 Å². The number of allylic oxidation sites excluding steroid dienone is 1. The number of hydrogen-bond acceptors (Lipinski definition) is 6. The molecule has 1 heterocycles. The molecule has 0 fully saturated rings. The van der Waals surface area contributed by atoms with Crippen LogP contribution < -0.4 is 21.5 Å². The Bertz CT molecular complexity index is 1010. The maximum absolute atomic E-state index is 12.7. The highest BCUT2D eigenvalue weighted by Gasteiger charge is 2.28. The number of carbonyl (C=O) groups is 1. The van der Waals surface area contributed by atoms with Crippen LogP contribution in [0.5, 0.6) is 5.75 Å². The number of nitrogens with one attached hydrogen (secondary N) is 1. The molecule has 0 saturated carbocycles. The van der Waals surface area contributed by atoms with Gasteiger partial charge in [-0.25, -0.2) is 4.79 Å². The van der Waals surface area contributed by atoms with Crippen LogP contribution in [0.25, 0.3) is 0 Å². The van der Waals surface area contributed by atoms with Gasteiger partial charge in [0.25, 0.3) is 0 Å². The van der Waals surface area contributed by atoms with Gasteiger partial charge < -0.3 is 26.3 Å². The largest absolute Gasteiger partial charge is 0.458 e. The smallest absolute Gasteiger partial charge is 0.328 e. The van der Waals surface area contributed by atoms with Crippen molar-refractivity contribution in [2.45, 2.75) is 45.3 Å². The zero-order valence-electron chi connectivity index (χ0n) is 17.1. The third-order valence-corrected chi connectivity index (χ3v) is 5.50. The number of esters is 1. The number of nitrogens with two attached hydrogens (primary N) is 2. The topological polar surface area (TPSA) is 99.6 Å². The van der Waals surface area contributed by atoms with Gasteiger partial charge >= 0.3 is 5.97 Å². The van der Waals surface area contributed by atoms with Crippen LogP contribution in [-0.4, -0.2) is 11.6 Å². The van der Waals surface area contributed by atoms with Crippen molar-refractivity contribution < 1.29 is 14.3 Å². The van der Waals surface area contributed by atoms with Gasteiger partial charge in [0.2, 0.25) is 0 Å². The monoisotopic (exact) mass is 449 g/mol. The maximum atomic E-state index is 12.7. The van der Waals surface area contributed by atoms with Crippen molar-refractivity contribution in [1.82, 2.24) is 0 Å². The van der Waals surface area contributed by atoms with E-state index in [9.17, 15) is 4.79 Å². The summed E-state index contributed by atoms with van der Waals surface area (Å²) in [6.07, 6.45) is 1.21. The second-order valence-corrected chi connectivity index (χ2v) is 8.69. The Morgan fingerprint density at radius 3 is 2.67 bits per heavy atom. The first-order valence-electron chi connectivity index (χ1n) is 9.53. The zero-order valence-corrected chi connectivity index (χ0v) is 18.6. The first-order valence-corrected chi connectivity index (χ1v) is 10.3. The average molecular weight is 450 g/mol. The van der Waals surface area contributed by atoms with Crippen LogP contribution in [0, 0.1) is 0 Å². The van der Waals surface area contributed by atoms with E-state index in [2.05, 4.69) is 5.32 Å². The summed E-state index contributed by atoms with van der Waals surface area (Å²) in [6, 6.07) is 9.64. The van der Waals surface area contributed by atoms with Crippen molar-refractivity contribution in [3.63, 3.8) is 0 Å². The lowest BCUT2D eigenvalue weighted by Crippen LogP contribution is -2.34. The molecule has 2 aromatic rings. The lowest BCUT2D eigenvalue weighted by molar-refractivity contribution is -0.158. The molecule has 30 heavy (non-hydrogen) atoms. The van der Waals surface area contributed by atoms with Gasteiger partial charge in [-0.05, 0) is 69.0 Å². The number of ether oxygens (including phenoxy) is 2. The molecule has 0 aliphatic carbocycles. The number of carbonyl (C=O) groups excluding carboxylic acids is 1. The minimum Gasteiger partial charge on any atom is -0.458 e. The molecule has 0 amide bonds. The molecule has 0 bridgehead atoms. The van der Waals surface area contributed by atoms with Crippen molar-refractivity contribution in [1.29, 1.82) is 0 Å². The highest BCUT2D eigenvalue weighted by molar-refractivity contribution is 6.35. The van der Waals surface area contributed by atoms with E-state index in [4.69, 9.17) is 44.1 Å². The highest BCUT2D eigenvalue weighted by Crippen LogP contribution is 2.34. The van der Waals surface area contributed by atoms with Crippen molar-refractivity contribution in [3.05, 3.63) is 69.2 Å². The van der Waals surface area contributed by atoms with E-state index in [1.54, 1.807) is 37.3 Å². The Hall–Kier alpha value is -2.41. The Morgan fingerprint density at radius 2 is 1.97 bits per heavy atom. The quantitative estimate of drug-likeness (QED) is 0.542. The summed E-state index contributed by atoms with van der Waals surface area (Å²) in [5, 5.41) is 4.22. The lowest BCUT2D eigenvalue weighted by atomic mass is 9.98. The fourth-order valence-electron chi connectivity index (χ4n) is 3.06. The van der Waals surface area contributed by atoms with E-state index in [0.717, 1.165) is 5.56 Å². The van der Waals surface area contributed by atoms with Crippen LogP contribution >= 0.6 is 23.2 Å². The molecule has 3 rings (SSSR count). The van der Waals surface area contributed by atoms with Gasteiger partial charge in [-0.15, -0.1) is 0 Å². The van der Waals surface area contributed by atoms with Crippen LogP contribution in [0.2, 0.25) is 10.0 Å². The van der Waals surface area contributed by atoms with E-state index in [-0.39, 0.29) is 0 Å². The molecule has 8 heteroatoms. The van der Waals surface area contributed by atoms with Gasteiger partial charge in [0, 0.05) is 10.0 Å². The summed E-state index contributed by atoms with van der Waals surface area (Å²) in [5.41, 5.74) is 13.5. The number of fused-ring (bicyclic) bond motifs is 1. The Morgan fingerprint density at radius 1 is 1.23 bits per heavy atom. The van der Waals surface area contributed by atoms with Gasteiger partial charge in [-0.3, -0.25) is 0 Å². The first-order chi connectivity index (χ1) is 14.1. The number of benzene rings is 2. The molecule has 0 radical (unpaired) electrons. The van der Waals surface area contributed by atoms with Crippen LogP contribution in [0.3, 0.4) is 0 Å². The second-order valence-electron chi connectivity index (χ2n) is 7.85. The third-order valence-electron chi connectivity index (χ3n) is 4.92. The van der Waals surface area contributed by atoms with Gasteiger partial charge in [0.05, 0.1) is 5.69 Å². The van der Waals surface area contributed by atoms with Gasteiger partial charge in [-0.2, -0.15) is 0 Å².